The number of fused-ring (bicyclic) bond motifs is 5. The van der Waals surface area contributed by atoms with Crippen LogP contribution in [0.5, 0.6) is 0 Å². The maximum absolute atomic E-state index is 2.67. The molecular weight excluding hydrogens is 825 g/mol. The van der Waals surface area contributed by atoms with Crippen LogP contribution in [-0.2, 0) is 5.41 Å². The fourth-order valence-electron chi connectivity index (χ4n) is 14.7. The van der Waals surface area contributed by atoms with Crippen molar-refractivity contribution >= 4 is 67.7 Å². The molecule has 15 rings (SSSR count). The van der Waals surface area contributed by atoms with E-state index in [1.54, 1.807) is 11.1 Å². The number of hydrogen-bond donors (Lipinski definition) is 0. The molecule has 10 aromatic rings. The maximum atomic E-state index is 2.65. The number of aromatic nitrogens is 1. The van der Waals surface area contributed by atoms with E-state index < -0.39 is 8.07 Å². The van der Waals surface area contributed by atoms with Crippen LogP contribution in [0.2, 0.25) is 0 Å². The number of para-hydroxylation sites is 4. The Morgan fingerprint density at radius 2 is 0.806 bits per heavy atom. The number of hydrogen-bond acceptors (Lipinski definition) is 1. The zero-order valence-corrected chi connectivity index (χ0v) is 38.7. The second-order valence-electron chi connectivity index (χ2n) is 20.0. The van der Waals surface area contributed by atoms with Crippen LogP contribution in [0.1, 0.15) is 43.2 Å². The van der Waals surface area contributed by atoms with E-state index in [1.165, 1.54) is 109 Å². The molecule has 2 nitrogen and oxygen atoms in total. The van der Waals surface area contributed by atoms with Crippen LogP contribution in [0.4, 0.5) is 17.1 Å². The molecule has 4 saturated carbocycles. The highest BCUT2D eigenvalue weighted by Gasteiger charge is 2.61. The minimum Gasteiger partial charge on any atom is -0.309 e. The van der Waals surface area contributed by atoms with Gasteiger partial charge in [0, 0.05) is 21.8 Å². The summed E-state index contributed by atoms with van der Waals surface area (Å²) in [6.07, 6.45) is 6.94. The van der Waals surface area contributed by atoms with E-state index in [1.807, 2.05) is 0 Å². The second kappa shape index (κ2) is 15.2. The summed E-state index contributed by atoms with van der Waals surface area (Å²) in [5.41, 5.74) is 13.2. The molecule has 1 aliphatic heterocycles. The molecule has 0 saturated heterocycles. The van der Waals surface area contributed by atoms with Crippen LogP contribution in [0.15, 0.2) is 231 Å². The van der Waals surface area contributed by atoms with Crippen molar-refractivity contribution in [2.75, 3.05) is 4.90 Å². The second-order valence-corrected chi connectivity index (χ2v) is 23.8. The summed E-state index contributed by atoms with van der Waals surface area (Å²) < 4.78 is 2.54. The SMILES string of the molecule is c1ccc([Si](c2ccccc2)(c2ccccc2)c2ccc(-c3ccccc3-n3c4ccccc4c4c(N5c6ccccc6C6(c7ccccc75)C5C[C@H]7C[C@@H](C5)C[C@@H]6C7)cccc43)cc2)cc1. The Labute approximate surface area is 394 Å². The fourth-order valence-corrected chi connectivity index (χ4v) is 19.4. The summed E-state index contributed by atoms with van der Waals surface area (Å²) in [5.74, 6) is 3.20. The number of rotatable bonds is 7. The Hall–Kier alpha value is -7.20. The molecule has 322 valence electrons. The lowest BCUT2D eigenvalue weighted by Gasteiger charge is -2.64. The van der Waals surface area contributed by atoms with Crippen molar-refractivity contribution in [1.82, 2.24) is 4.57 Å². The Morgan fingerprint density at radius 3 is 1.39 bits per heavy atom. The molecule has 0 unspecified atom stereocenters. The van der Waals surface area contributed by atoms with Gasteiger partial charge >= 0.3 is 0 Å². The first-order valence-electron chi connectivity index (χ1n) is 24.6. The summed E-state index contributed by atoms with van der Waals surface area (Å²) in [5, 5.41) is 8.08. The molecule has 4 bridgehead atoms. The minimum atomic E-state index is -2.67. The molecule has 4 aliphatic carbocycles. The number of benzene rings is 9. The first kappa shape index (κ1) is 39.0. The lowest BCUT2D eigenvalue weighted by Crippen LogP contribution is -2.74. The maximum Gasteiger partial charge on any atom is 0.179 e. The quantitative estimate of drug-likeness (QED) is 0.114. The van der Waals surface area contributed by atoms with Gasteiger partial charge < -0.3 is 9.47 Å². The van der Waals surface area contributed by atoms with Crippen molar-refractivity contribution in [3.05, 3.63) is 242 Å². The zero-order valence-electron chi connectivity index (χ0n) is 37.7. The Morgan fingerprint density at radius 1 is 0.358 bits per heavy atom. The predicted molar refractivity (Wildman–Crippen MR) is 282 cm³/mol. The molecular formula is C64H52N2Si. The first-order valence-corrected chi connectivity index (χ1v) is 26.6. The monoisotopic (exact) mass is 876 g/mol. The van der Waals surface area contributed by atoms with Crippen molar-refractivity contribution < 1.29 is 0 Å². The third-order valence-corrected chi connectivity index (χ3v) is 21.7. The molecule has 67 heavy (non-hydrogen) atoms. The molecule has 0 radical (unpaired) electrons. The highest BCUT2D eigenvalue weighted by atomic mass is 28.3. The van der Waals surface area contributed by atoms with Gasteiger partial charge in [-0.05, 0) is 130 Å². The fraction of sp³-hybridized carbons (Fsp3) is 0.156. The Balaban J connectivity index is 0.945. The molecule has 1 aromatic heterocycles. The molecule has 9 aromatic carbocycles. The zero-order chi connectivity index (χ0) is 44.1. The van der Waals surface area contributed by atoms with Crippen LogP contribution in [0, 0.1) is 23.7 Å². The van der Waals surface area contributed by atoms with Gasteiger partial charge in [-0.1, -0.05) is 194 Å². The van der Waals surface area contributed by atoms with Gasteiger partial charge in [-0.2, -0.15) is 0 Å². The first-order chi connectivity index (χ1) is 33.2. The molecule has 0 amide bonds. The average Bonchev–Trinajstić information content (AvgIpc) is 3.73. The van der Waals surface area contributed by atoms with Crippen LogP contribution < -0.4 is 25.6 Å². The molecule has 5 aliphatic rings. The Kier molecular flexibility index (Phi) is 8.83. The molecule has 2 heterocycles. The van der Waals surface area contributed by atoms with E-state index in [0.717, 1.165) is 11.8 Å². The van der Waals surface area contributed by atoms with Crippen molar-refractivity contribution in [1.29, 1.82) is 0 Å². The summed E-state index contributed by atoms with van der Waals surface area (Å²) in [6.45, 7) is 0. The van der Waals surface area contributed by atoms with Crippen LogP contribution in [-0.4, -0.2) is 12.6 Å². The van der Waals surface area contributed by atoms with E-state index in [4.69, 9.17) is 0 Å². The average molecular weight is 877 g/mol. The van der Waals surface area contributed by atoms with Crippen LogP contribution in [0.25, 0.3) is 38.6 Å². The summed E-state index contributed by atoms with van der Waals surface area (Å²) in [4.78, 5) is 2.65. The van der Waals surface area contributed by atoms with Gasteiger partial charge in [-0.3, -0.25) is 0 Å². The minimum absolute atomic E-state index is 0.0684. The smallest absolute Gasteiger partial charge is 0.179 e. The van der Waals surface area contributed by atoms with Gasteiger partial charge in [-0.25, -0.2) is 0 Å². The van der Waals surface area contributed by atoms with Gasteiger partial charge in [0.05, 0.1) is 33.8 Å². The highest BCUT2D eigenvalue weighted by molar-refractivity contribution is 7.19. The van der Waals surface area contributed by atoms with Crippen LogP contribution >= 0.6 is 0 Å². The number of nitrogens with zero attached hydrogens (tertiary/aromatic N) is 2. The van der Waals surface area contributed by atoms with Gasteiger partial charge in [0.1, 0.15) is 0 Å². The lowest BCUT2D eigenvalue weighted by atomic mass is 9.41. The molecule has 4 fully saturated rings. The van der Waals surface area contributed by atoms with E-state index in [-0.39, 0.29) is 5.41 Å². The van der Waals surface area contributed by atoms with Crippen molar-refractivity contribution in [3.8, 4) is 16.8 Å². The van der Waals surface area contributed by atoms with E-state index >= 15 is 0 Å². The predicted octanol–water partition coefficient (Wildman–Crippen LogP) is 13.4. The van der Waals surface area contributed by atoms with Crippen molar-refractivity contribution in [2.45, 2.75) is 37.5 Å². The van der Waals surface area contributed by atoms with Gasteiger partial charge in [0.25, 0.3) is 0 Å². The Bertz CT molecular complexity index is 3310. The van der Waals surface area contributed by atoms with Gasteiger partial charge in [0.15, 0.2) is 8.07 Å². The topological polar surface area (TPSA) is 8.17 Å². The third kappa shape index (κ3) is 5.55. The third-order valence-electron chi connectivity index (χ3n) is 16.9. The largest absolute Gasteiger partial charge is 0.309 e. The van der Waals surface area contributed by atoms with E-state index in [2.05, 4.69) is 240 Å². The van der Waals surface area contributed by atoms with Gasteiger partial charge in [-0.15, -0.1) is 0 Å². The van der Waals surface area contributed by atoms with Crippen molar-refractivity contribution in [3.63, 3.8) is 0 Å². The van der Waals surface area contributed by atoms with E-state index in [0.29, 0.717) is 11.8 Å². The highest BCUT2D eigenvalue weighted by Crippen LogP contribution is 2.69. The standard InChI is InChI=1S/C64H52N2Si/c1-4-19-49(20-5-1)67(50-21-6-2-7-22-50,51-23-8-3-9-24-51)52-37-35-46(36-38-52)53-25-10-14-29-57(53)65-58-30-15-11-26-54(58)63-61(65)33-18-34-62(63)66-59-31-16-12-27-55(59)64(56-28-13-17-32-60(56)66)47-40-44-39-45(42-47)43-48(64)41-44/h1-38,44-45,47-48H,39-43H2/t44-,45+,47-,48?. The normalized spacial score (nSPS) is 20.0. The lowest BCUT2D eigenvalue weighted by molar-refractivity contribution is -0.0419. The molecule has 0 atom stereocenters. The van der Waals surface area contributed by atoms with E-state index in [9.17, 15) is 0 Å². The number of anilines is 3. The van der Waals surface area contributed by atoms with Gasteiger partial charge in [0.2, 0.25) is 0 Å². The van der Waals surface area contributed by atoms with Crippen LogP contribution in [0.3, 0.4) is 0 Å². The molecule has 1 spiro atoms. The van der Waals surface area contributed by atoms with Crippen molar-refractivity contribution in [2.24, 2.45) is 23.7 Å². The molecule has 0 N–H and O–H groups in total. The summed E-state index contributed by atoms with van der Waals surface area (Å²) >= 11 is 0. The molecule has 3 heteroatoms. The summed E-state index contributed by atoms with van der Waals surface area (Å²) in [7, 11) is -2.67. The summed E-state index contributed by atoms with van der Waals surface area (Å²) in [6, 6.07) is 87.5.